The van der Waals surface area contributed by atoms with Crippen LogP contribution in [-0.2, 0) is 11.3 Å². The standard InChI is InChI=1S/C17H18O3/c1-13-10-15(8-9-17(13)19-2)16(18)12-20-11-14-6-4-3-5-7-14/h3-10H,11-12H2,1-2H3. The highest BCUT2D eigenvalue weighted by Gasteiger charge is 2.08. The molecule has 0 heterocycles. The fraction of sp³-hybridized carbons (Fsp3) is 0.235. The van der Waals surface area contributed by atoms with Crippen LogP contribution in [0.15, 0.2) is 48.5 Å². The van der Waals surface area contributed by atoms with E-state index in [2.05, 4.69) is 0 Å². The van der Waals surface area contributed by atoms with Gasteiger partial charge in [-0.3, -0.25) is 4.79 Å². The van der Waals surface area contributed by atoms with Crippen LogP contribution in [0.5, 0.6) is 5.75 Å². The molecule has 0 aliphatic rings. The minimum absolute atomic E-state index is 0.0216. The third-order valence-corrected chi connectivity index (χ3v) is 3.06. The van der Waals surface area contributed by atoms with Gasteiger partial charge in [-0.25, -0.2) is 0 Å². The lowest BCUT2D eigenvalue weighted by Gasteiger charge is -2.07. The molecule has 2 aromatic rings. The number of hydrogen-bond acceptors (Lipinski definition) is 3. The fourth-order valence-electron chi connectivity index (χ4n) is 1.97. The lowest BCUT2D eigenvalue weighted by atomic mass is 10.1. The third kappa shape index (κ3) is 3.68. The number of Topliss-reactive ketones (excluding diaryl/α,β-unsaturated/α-hetero) is 1. The molecule has 0 amide bonds. The summed E-state index contributed by atoms with van der Waals surface area (Å²) in [5.74, 6) is 0.762. The molecule has 0 radical (unpaired) electrons. The van der Waals surface area contributed by atoms with Crippen molar-refractivity contribution in [2.45, 2.75) is 13.5 Å². The minimum Gasteiger partial charge on any atom is -0.496 e. The Morgan fingerprint density at radius 2 is 1.85 bits per heavy atom. The number of hydrogen-bond donors (Lipinski definition) is 0. The normalized spacial score (nSPS) is 10.3. The van der Waals surface area contributed by atoms with Crippen molar-refractivity contribution in [2.75, 3.05) is 13.7 Å². The van der Waals surface area contributed by atoms with Gasteiger partial charge in [0.1, 0.15) is 12.4 Å². The highest BCUT2D eigenvalue weighted by atomic mass is 16.5. The number of methoxy groups -OCH3 is 1. The average Bonchev–Trinajstić information content (AvgIpc) is 2.48. The van der Waals surface area contributed by atoms with E-state index in [0.29, 0.717) is 12.2 Å². The van der Waals surface area contributed by atoms with E-state index in [0.717, 1.165) is 16.9 Å². The van der Waals surface area contributed by atoms with E-state index in [4.69, 9.17) is 9.47 Å². The molecule has 0 aliphatic carbocycles. The highest BCUT2D eigenvalue weighted by Crippen LogP contribution is 2.18. The Morgan fingerprint density at radius 3 is 2.50 bits per heavy atom. The van der Waals surface area contributed by atoms with Gasteiger partial charge in [0.05, 0.1) is 13.7 Å². The summed E-state index contributed by atoms with van der Waals surface area (Å²) in [4.78, 5) is 12.0. The zero-order chi connectivity index (χ0) is 14.4. The maximum Gasteiger partial charge on any atom is 0.188 e. The van der Waals surface area contributed by atoms with Crippen LogP contribution < -0.4 is 4.74 Å². The first-order valence-electron chi connectivity index (χ1n) is 6.50. The molecule has 0 unspecified atom stereocenters. The number of rotatable bonds is 6. The van der Waals surface area contributed by atoms with Crippen molar-refractivity contribution in [2.24, 2.45) is 0 Å². The average molecular weight is 270 g/mol. The molecule has 3 nitrogen and oxygen atoms in total. The number of aryl methyl sites for hydroxylation is 1. The predicted molar refractivity (Wildman–Crippen MR) is 78.2 cm³/mol. The van der Waals surface area contributed by atoms with E-state index in [1.54, 1.807) is 19.2 Å². The molecular formula is C17H18O3. The number of benzene rings is 2. The van der Waals surface area contributed by atoms with Gasteiger partial charge in [0.2, 0.25) is 0 Å². The lowest BCUT2D eigenvalue weighted by Crippen LogP contribution is -2.09. The van der Waals surface area contributed by atoms with Crippen molar-refractivity contribution in [1.82, 2.24) is 0 Å². The Hall–Kier alpha value is -2.13. The van der Waals surface area contributed by atoms with Crippen molar-refractivity contribution < 1.29 is 14.3 Å². The first-order chi connectivity index (χ1) is 9.70. The monoisotopic (exact) mass is 270 g/mol. The van der Waals surface area contributed by atoms with Gasteiger partial charge < -0.3 is 9.47 Å². The first-order valence-corrected chi connectivity index (χ1v) is 6.50. The zero-order valence-corrected chi connectivity index (χ0v) is 11.8. The van der Waals surface area contributed by atoms with E-state index < -0.39 is 0 Å². The van der Waals surface area contributed by atoms with Crippen LogP contribution in [0.1, 0.15) is 21.5 Å². The van der Waals surface area contributed by atoms with E-state index in [1.807, 2.05) is 43.3 Å². The first kappa shape index (κ1) is 14.3. The second kappa shape index (κ2) is 6.87. The van der Waals surface area contributed by atoms with Crippen LogP contribution in [-0.4, -0.2) is 19.5 Å². The molecule has 104 valence electrons. The molecule has 0 fully saturated rings. The largest absolute Gasteiger partial charge is 0.496 e. The second-order valence-corrected chi connectivity index (χ2v) is 4.59. The van der Waals surface area contributed by atoms with Crippen LogP contribution >= 0.6 is 0 Å². The molecule has 0 bridgehead atoms. The summed E-state index contributed by atoms with van der Waals surface area (Å²) in [6, 6.07) is 15.2. The Kier molecular flexibility index (Phi) is 4.91. The molecule has 0 aliphatic heterocycles. The van der Waals surface area contributed by atoms with E-state index >= 15 is 0 Å². The Balaban J connectivity index is 1.90. The van der Waals surface area contributed by atoms with Crippen LogP contribution in [0.2, 0.25) is 0 Å². The van der Waals surface area contributed by atoms with Gasteiger partial charge in [0.25, 0.3) is 0 Å². The van der Waals surface area contributed by atoms with E-state index in [-0.39, 0.29) is 12.4 Å². The number of carbonyl (C=O) groups excluding carboxylic acids is 1. The quantitative estimate of drug-likeness (QED) is 0.755. The second-order valence-electron chi connectivity index (χ2n) is 4.59. The molecule has 2 rings (SSSR count). The maximum absolute atomic E-state index is 12.0. The summed E-state index contributed by atoms with van der Waals surface area (Å²) in [6.07, 6.45) is 0. The van der Waals surface area contributed by atoms with Crippen molar-refractivity contribution in [3.8, 4) is 5.75 Å². The molecule has 2 aromatic carbocycles. The Bertz CT molecular complexity index is 576. The maximum atomic E-state index is 12.0. The summed E-state index contributed by atoms with van der Waals surface area (Å²) in [5.41, 5.74) is 2.66. The third-order valence-electron chi connectivity index (χ3n) is 3.06. The minimum atomic E-state index is -0.0216. The smallest absolute Gasteiger partial charge is 0.188 e. The molecule has 0 aromatic heterocycles. The fourth-order valence-corrected chi connectivity index (χ4v) is 1.97. The molecule has 0 atom stereocenters. The van der Waals surface area contributed by atoms with Gasteiger partial charge in [-0.1, -0.05) is 30.3 Å². The summed E-state index contributed by atoms with van der Waals surface area (Å²) >= 11 is 0. The van der Waals surface area contributed by atoms with Crippen molar-refractivity contribution in [1.29, 1.82) is 0 Å². The molecule has 3 heteroatoms. The van der Waals surface area contributed by atoms with Gasteiger partial charge in [-0.15, -0.1) is 0 Å². The highest BCUT2D eigenvalue weighted by molar-refractivity contribution is 5.97. The van der Waals surface area contributed by atoms with Gasteiger partial charge >= 0.3 is 0 Å². The summed E-state index contributed by atoms with van der Waals surface area (Å²) < 4.78 is 10.6. The SMILES string of the molecule is COc1ccc(C(=O)COCc2ccccc2)cc1C. The Labute approximate surface area is 119 Å². The molecule has 0 saturated carbocycles. The van der Waals surface area contributed by atoms with Crippen molar-refractivity contribution in [3.05, 3.63) is 65.2 Å². The number of ketones is 1. The molecule has 0 N–H and O–H groups in total. The van der Waals surface area contributed by atoms with Crippen molar-refractivity contribution >= 4 is 5.78 Å². The predicted octanol–water partition coefficient (Wildman–Crippen LogP) is 3.40. The number of carbonyl (C=O) groups is 1. The van der Waals surface area contributed by atoms with Gasteiger partial charge in [-0.2, -0.15) is 0 Å². The summed E-state index contributed by atoms with van der Waals surface area (Å²) in [6.45, 7) is 2.45. The van der Waals surface area contributed by atoms with Crippen LogP contribution in [0, 0.1) is 6.92 Å². The molecular weight excluding hydrogens is 252 g/mol. The summed E-state index contributed by atoms with van der Waals surface area (Å²) in [5, 5.41) is 0. The van der Waals surface area contributed by atoms with Crippen LogP contribution in [0.4, 0.5) is 0 Å². The Morgan fingerprint density at radius 1 is 1.10 bits per heavy atom. The number of ether oxygens (including phenoxy) is 2. The van der Waals surface area contributed by atoms with Crippen LogP contribution in [0.25, 0.3) is 0 Å². The van der Waals surface area contributed by atoms with E-state index in [9.17, 15) is 4.79 Å². The lowest BCUT2D eigenvalue weighted by molar-refractivity contribution is 0.0726. The topological polar surface area (TPSA) is 35.5 Å². The van der Waals surface area contributed by atoms with Gasteiger partial charge in [0.15, 0.2) is 5.78 Å². The van der Waals surface area contributed by atoms with Gasteiger partial charge in [0, 0.05) is 5.56 Å². The molecule has 0 spiro atoms. The molecule has 0 saturated heterocycles. The zero-order valence-electron chi connectivity index (χ0n) is 11.8. The summed E-state index contributed by atoms with van der Waals surface area (Å²) in [7, 11) is 1.62. The van der Waals surface area contributed by atoms with Crippen LogP contribution in [0.3, 0.4) is 0 Å². The van der Waals surface area contributed by atoms with Gasteiger partial charge in [-0.05, 0) is 36.2 Å². The van der Waals surface area contributed by atoms with E-state index in [1.165, 1.54) is 0 Å². The molecule has 20 heavy (non-hydrogen) atoms. The van der Waals surface area contributed by atoms with Crippen molar-refractivity contribution in [3.63, 3.8) is 0 Å².